The number of hydrogen-bond acceptors (Lipinski definition) is 2. The summed E-state index contributed by atoms with van der Waals surface area (Å²) in [6.07, 6.45) is -2.97. The molecule has 6 heteroatoms. The number of halogens is 3. The van der Waals surface area contributed by atoms with Crippen LogP contribution in [0.15, 0.2) is 72.8 Å². The number of benzene rings is 2. The maximum Gasteiger partial charge on any atom is 0.416 e. The fourth-order valence-corrected chi connectivity index (χ4v) is 4.59. The van der Waals surface area contributed by atoms with Gasteiger partial charge < -0.3 is 5.11 Å². The van der Waals surface area contributed by atoms with Crippen LogP contribution >= 0.6 is 0 Å². The number of carboxylic acid groups (broad SMARTS) is 1. The van der Waals surface area contributed by atoms with E-state index in [0.717, 1.165) is 34.4 Å². The number of carbonyl (C=O) groups is 1. The second kappa shape index (κ2) is 9.96. The largest absolute Gasteiger partial charge is 0.481 e. The second-order valence-corrected chi connectivity index (χ2v) is 8.98. The normalized spacial score (nSPS) is 20.3. The van der Waals surface area contributed by atoms with Gasteiger partial charge in [-0.25, -0.2) is 0 Å². The fourth-order valence-electron chi connectivity index (χ4n) is 4.59. The van der Waals surface area contributed by atoms with Crippen molar-refractivity contribution in [1.29, 1.82) is 0 Å². The first-order chi connectivity index (χ1) is 15.5. The molecule has 3 rings (SSSR count). The highest BCUT2D eigenvalue weighted by Gasteiger charge is 2.37. The standard InChI is InChI=1S/C27H30F3NO2/c1-17(2)19(4)26(22-9-11-23(12-10-22)27(28,29)30)31-14-13-20(16-25(32)33)15-24(31)21-7-5-18(3)6-8-21/h5-12,20,24,26H,1,4,13-16H2,2-3H3,(H,32,33)/t20-,24+,26-/m1/s1. The summed E-state index contributed by atoms with van der Waals surface area (Å²) in [4.78, 5) is 13.6. The molecule has 1 heterocycles. The van der Waals surface area contributed by atoms with Crippen molar-refractivity contribution in [3.8, 4) is 0 Å². The average Bonchev–Trinajstić information content (AvgIpc) is 2.74. The number of piperidine rings is 1. The summed E-state index contributed by atoms with van der Waals surface area (Å²) in [7, 11) is 0. The zero-order valence-corrected chi connectivity index (χ0v) is 19.0. The number of alkyl halides is 3. The van der Waals surface area contributed by atoms with Gasteiger partial charge in [-0.2, -0.15) is 13.2 Å². The Balaban J connectivity index is 2.04. The highest BCUT2D eigenvalue weighted by molar-refractivity contribution is 5.67. The molecule has 0 unspecified atom stereocenters. The molecule has 0 aromatic heterocycles. The van der Waals surface area contributed by atoms with Crippen molar-refractivity contribution in [3.63, 3.8) is 0 Å². The average molecular weight is 458 g/mol. The molecule has 1 fully saturated rings. The van der Waals surface area contributed by atoms with Gasteiger partial charge >= 0.3 is 12.1 Å². The molecule has 33 heavy (non-hydrogen) atoms. The molecule has 3 atom stereocenters. The van der Waals surface area contributed by atoms with Gasteiger partial charge in [-0.15, -0.1) is 0 Å². The van der Waals surface area contributed by atoms with Gasteiger partial charge in [0.05, 0.1) is 11.6 Å². The maximum atomic E-state index is 13.1. The zero-order valence-electron chi connectivity index (χ0n) is 19.0. The molecular weight excluding hydrogens is 427 g/mol. The van der Waals surface area contributed by atoms with Crippen LogP contribution in [0, 0.1) is 12.8 Å². The van der Waals surface area contributed by atoms with E-state index in [0.29, 0.717) is 24.9 Å². The van der Waals surface area contributed by atoms with Gasteiger partial charge in [0.25, 0.3) is 0 Å². The molecule has 176 valence electrons. The summed E-state index contributed by atoms with van der Waals surface area (Å²) in [5.74, 6) is -0.793. The number of aryl methyl sites for hydroxylation is 1. The fraction of sp³-hybridized carbons (Fsp3) is 0.370. The Morgan fingerprint density at radius 2 is 1.73 bits per heavy atom. The molecule has 0 spiro atoms. The lowest BCUT2D eigenvalue weighted by atomic mass is 9.81. The number of hydrogen-bond donors (Lipinski definition) is 1. The summed E-state index contributed by atoms with van der Waals surface area (Å²) in [5, 5.41) is 9.33. The molecular formula is C27H30F3NO2. The lowest BCUT2D eigenvalue weighted by molar-refractivity contribution is -0.139. The first-order valence-corrected chi connectivity index (χ1v) is 11.0. The first kappa shape index (κ1) is 24.8. The molecule has 1 aliphatic rings. The third kappa shape index (κ3) is 5.93. The van der Waals surface area contributed by atoms with E-state index >= 15 is 0 Å². The van der Waals surface area contributed by atoms with E-state index in [1.807, 2.05) is 38.1 Å². The van der Waals surface area contributed by atoms with E-state index in [1.54, 1.807) is 0 Å². The predicted octanol–water partition coefficient (Wildman–Crippen LogP) is 7.12. The summed E-state index contributed by atoms with van der Waals surface area (Å²) >= 11 is 0. The molecule has 0 saturated carbocycles. The first-order valence-electron chi connectivity index (χ1n) is 11.0. The molecule has 0 aliphatic carbocycles. The number of rotatable bonds is 7. The van der Waals surface area contributed by atoms with Crippen molar-refractivity contribution < 1.29 is 23.1 Å². The molecule has 1 saturated heterocycles. The second-order valence-electron chi connectivity index (χ2n) is 8.98. The molecule has 2 aromatic rings. The van der Waals surface area contributed by atoms with Gasteiger partial charge in [0.15, 0.2) is 0 Å². The Labute approximate surface area is 193 Å². The molecule has 0 bridgehead atoms. The highest BCUT2D eigenvalue weighted by atomic mass is 19.4. The summed E-state index contributed by atoms with van der Waals surface area (Å²) in [6.45, 7) is 12.7. The predicted molar refractivity (Wildman–Crippen MR) is 124 cm³/mol. The summed E-state index contributed by atoms with van der Waals surface area (Å²) in [6, 6.07) is 12.9. The van der Waals surface area contributed by atoms with E-state index in [9.17, 15) is 23.1 Å². The quantitative estimate of drug-likeness (QED) is 0.450. The summed E-state index contributed by atoms with van der Waals surface area (Å²) < 4.78 is 39.4. The van der Waals surface area contributed by atoms with E-state index in [-0.39, 0.29) is 24.4 Å². The minimum atomic E-state index is -4.40. The van der Waals surface area contributed by atoms with Gasteiger partial charge in [0.2, 0.25) is 0 Å². The monoisotopic (exact) mass is 457 g/mol. The minimum Gasteiger partial charge on any atom is -0.481 e. The van der Waals surface area contributed by atoms with Crippen molar-refractivity contribution >= 4 is 5.97 Å². The van der Waals surface area contributed by atoms with Gasteiger partial charge in [0, 0.05) is 12.5 Å². The van der Waals surface area contributed by atoms with Crippen molar-refractivity contribution in [2.45, 2.75) is 51.4 Å². The number of aliphatic carboxylic acids is 1. The van der Waals surface area contributed by atoms with Crippen LogP contribution < -0.4 is 0 Å². The van der Waals surface area contributed by atoms with E-state index in [4.69, 9.17) is 0 Å². The van der Waals surface area contributed by atoms with E-state index < -0.39 is 17.7 Å². The molecule has 0 amide bonds. The molecule has 1 N–H and O–H groups in total. The molecule has 0 radical (unpaired) electrons. The Morgan fingerprint density at radius 1 is 1.12 bits per heavy atom. The Morgan fingerprint density at radius 3 is 2.24 bits per heavy atom. The van der Waals surface area contributed by atoms with Crippen LogP contribution in [0.3, 0.4) is 0 Å². The zero-order chi connectivity index (χ0) is 24.3. The lowest BCUT2D eigenvalue weighted by Crippen LogP contribution is -2.40. The van der Waals surface area contributed by atoms with Crippen LogP contribution in [-0.2, 0) is 11.0 Å². The Bertz CT molecular complexity index is 1010. The van der Waals surface area contributed by atoms with Crippen LogP contribution in [0.25, 0.3) is 0 Å². The molecule has 2 aromatic carbocycles. The third-order valence-corrected chi connectivity index (χ3v) is 6.44. The van der Waals surface area contributed by atoms with Crippen LogP contribution in [0.2, 0.25) is 0 Å². The SMILES string of the molecule is C=C(C)C(=C)[C@H](c1ccc(C(F)(F)F)cc1)N1CC[C@@H](CC(=O)O)C[C@H]1c1ccc(C)cc1. The summed E-state index contributed by atoms with van der Waals surface area (Å²) in [5.41, 5.74) is 3.70. The van der Waals surface area contributed by atoms with Crippen molar-refractivity contribution in [3.05, 3.63) is 95.1 Å². The van der Waals surface area contributed by atoms with Gasteiger partial charge in [-0.3, -0.25) is 9.69 Å². The minimum absolute atomic E-state index is 0.0244. The van der Waals surface area contributed by atoms with Gasteiger partial charge in [-0.1, -0.05) is 60.7 Å². The van der Waals surface area contributed by atoms with Crippen molar-refractivity contribution in [1.82, 2.24) is 4.90 Å². The van der Waals surface area contributed by atoms with Crippen LogP contribution in [0.5, 0.6) is 0 Å². The van der Waals surface area contributed by atoms with Gasteiger partial charge in [-0.05, 0) is 68.0 Å². The van der Waals surface area contributed by atoms with Crippen molar-refractivity contribution in [2.75, 3.05) is 6.54 Å². The smallest absolute Gasteiger partial charge is 0.416 e. The Kier molecular flexibility index (Phi) is 7.48. The highest BCUT2D eigenvalue weighted by Crippen LogP contribution is 2.44. The lowest BCUT2D eigenvalue weighted by Gasteiger charge is -2.45. The van der Waals surface area contributed by atoms with E-state index in [2.05, 4.69) is 18.1 Å². The number of nitrogens with zero attached hydrogens (tertiary/aromatic N) is 1. The third-order valence-electron chi connectivity index (χ3n) is 6.44. The van der Waals surface area contributed by atoms with Crippen molar-refractivity contribution in [2.24, 2.45) is 5.92 Å². The number of likely N-dealkylation sites (tertiary alicyclic amines) is 1. The van der Waals surface area contributed by atoms with Crippen LogP contribution in [0.4, 0.5) is 13.2 Å². The van der Waals surface area contributed by atoms with Gasteiger partial charge in [0.1, 0.15) is 0 Å². The van der Waals surface area contributed by atoms with Crippen LogP contribution in [0.1, 0.15) is 60.5 Å². The van der Waals surface area contributed by atoms with E-state index in [1.165, 1.54) is 12.1 Å². The molecule has 3 nitrogen and oxygen atoms in total. The van der Waals surface area contributed by atoms with Crippen LogP contribution in [-0.4, -0.2) is 22.5 Å². The maximum absolute atomic E-state index is 13.1. The topological polar surface area (TPSA) is 40.5 Å². The Hall–Kier alpha value is -2.86. The molecule has 1 aliphatic heterocycles. The number of carboxylic acids is 1.